The van der Waals surface area contributed by atoms with Crippen molar-refractivity contribution in [3.05, 3.63) is 23.9 Å². The van der Waals surface area contributed by atoms with Gasteiger partial charge in [-0.25, -0.2) is 4.79 Å². The first-order valence-corrected chi connectivity index (χ1v) is 10.0. The van der Waals surface area contributed by atoms with Crippen LogP contribution in [0.5, 0.6) is 5.75 Å². The maximum atomic E-state index is 12.8. The lowest BCUT2D eigenvalue weighted by Gasteiger charge is -2.32. The minimum absolute atomic E-state index is 0.137. The molecule has 0 radical (unpaired) electrons. The molecule has 2 aromatic rings. The highest BCUT2D eigenvalue weighted by Crippen LogP contribution is 2.31. The van der Waals surface area contributed by atoms with Crippen LogP contribution in [0.25, 0.3) is 10.9 Å². The molecule has 1 aliphatic heterocycles. The monoisotopic (exact) mass is 387 g/mol. The molecule has 1 aliphatic rings. The van der Waals surface area contributed by atoms with Crippen molar-refractivity contribution < 1.29 is 19.1 Å². The average Bonchev–Trinajstić information content (AvgIpc) is 3.02. The fraction of sp³-hybridized carbons (Fsp3) is 0.524. The lowest BCUT2D eigenvalue weighted by molar-refractivity contribution is -0.118. The maximum Gasteiger partial charge on any atom is 0.356 e. The number of likely N-dealkylation sites (tertiary alicyclic amines) is 1. The van der Waals surface area contributed by atoms with E-state index in [9.17, 15) is 9.59 Å². The number of amides is 1. The maximum absolute atomic E-state index is 12.8. The number of aromatic amines is 1. The Balaban J connectivity index is 1.89. The third-order valence-corrected chi connectivity index (χ3v) is 5.11. The van der Waals surface area contributed by atoms with Crippen LogP contribution in [-0.4, -0.2) is 54.1 Å². The predicted octanol–water partition coefficient (Wildman–Crippen LogP) is 3.56. The van der Waals surface area contributed by atoms with E-state index in [1.165, 1.54) is 6.42 Å². The molecule has 0 bridgehead atoms. The van der Waals surface area contributed by atoms with E-state index in [0.717, 1.165) is 30.3 Å². The summed E-state index contributed by atoms with van der Waals surface area (Å²) in [6.45, 7) is 7.84. The topological polar surface area (TPSA) is 83.7 Å². The molecule has 1 fully saturated rings. The van der Waals surface area contributed by atoms with Crippen molar-refractivity contribution in [3.63, 3.8) is 0 Å². The summed E-state index contributed by atoms with van der Waals surface area (Å²) in [5.74, 6) is 0.0601. The highest BCUT2D eigenvalue weighted by atomic mass is 16.5. The molecule has 1 saturated heterocycles. The first-order valence-electron chi connectivity index (χ1n) is 10.0. The standard InChI is InChI=1S/C21H29N3O4/c1-4-27-15-9-10-17-16(12-15)19(20(22-17)21(26)28-5-2)23-18(25)13-24-11-7-6-8-14(24)3/h9-10,12,14,22H,4-8,11,13H2,1-3H3,(H,23,25)/t14-/m0/s1. The number of anilines is 1. The second-order valence-corrected chi connectivity index (χ2v) is 7.10. The van der Waals surface area contributed by atoms with E-state index < -0.39 is 5.97 Å². The van der Waals surface area contributed by atoms with Gasteiger partial charge in [0.25, 0.3) is 0 Å². The lowest BCUT2D eigenvalue weighted by atomic mass is 10.0. The van der Waals surface area contributed by atoms with Crippen molar-refractivity contribution in [3.8, 4) is 5.75 Å². The fourth-order valence-electron chi connectivity index (χ4n) is 3.67. The van der Waals surface area contributed by atoms with Gasteiger partial charge in [-0.2, -0.15) is 0 Å². The van der Waals surface area contributed by atoms with Gasteiger partial charge in [0.2, 0.25) is 5.91 Å². The number of aromatic nitrogens is 1. The number of carbonyl (C=O) groups excluding carboxylic acids is 2. The molecule has 1 aromatic heterocycles. The minimum atomic E-state index is -0.488. The average molecular weight is 387 g/mol. The first kappa shape index (κ1) is 20.2. The van der Waals surface area contributed by atoms with Crippen LogP contribution in [0.15, 0.2) is 18.2 Å². The van der Waals surface area contributed by atoms with Gasteiger partial charge >= 0.3 is 5.97 Å². The van der Waals surface area contributed by atoms with Crippen molar-refractivity contribution in [2.45, 2.75) is 46.1 Å². The van der Waals surface area contributed by atoms with E-state index in [-0.39, 0.29) is 18.2 Å². The number of benzene rings is 1. The second kappa shape index (κ2) is 9.10. The second-order valence-electron chi connectivity index (χ2n) is 7.10. The number of piperidine rings is 1. The van der Waals surface area contributed by atoms with Gasteiger partial charge in [0.1, 0.15) is 11.4 Å². The van der Waals surface area contributed by atoms with Crippen molar-refractivity contribution in [1.29, 1.82) is 0 Å². The fourth-order valence-corrected chi connectivity index (χ4v) is 3.67. The van der Waals surface area contributed by atoms with Crippen molar-refractivity contribution >= 4 is 28.5 Å². The van der Waals surface area contributed by atoms with Crippen LogP contribution in [0.1, 0.15) is 50.5 Å². The van der Waals surface area contributed by atoms with Crippen LogP contribution in [0, 0.1) is 0 Å². The Labute approximate surface area is 165 Å². The zero-order chi connectivity index (χ0) is 20.1. The van der Waals surface area contributed by atoms with E-state index in [1.54, 1.807) is 6.92 Å². The SMILES string of the molecule is CCOC(=O)c1[nH]c2ccc(OCC)cc2c1NC(=O)CN1CCCC[C@@H]1C. The van der Waals surface area contributed by atoms with E-state index in [4.69, 9.17) is 9.47 Å². The summed E-state index contributed by atoms with van der Waals surface area (Å²) in [6, 6.07) is 5.89. The van der Waals surface area contributed by atoms with Gasteiger partial charge in [0.15, 0.2) is 0 Å². The van der Waals surface area contributed by atoms with Gasteiger partial charge in [-0.1, -0.05) is 6.42 Å². The predicted molar refractivity (Wildman–Crippen MR) is 109 cm³/mol. The number of rotatable bonds is 7. The van der Waals surface area contributed by atoms with Gasteiger partial charge in [-0.3, -0.25) is 9.69 Å². The lowest BCUT2D eigenvalue weighted by Crippen LogP contribution is -2.42. The zero-order valence-corrected chi connectivity index (χ0v) is 16.8. The van der Waals surface area contributed by atoms with Gasteiger partial charge in [-0.15, -0.1) is 0 Å². The quantitative estimate of drug-likeness (QED) is 0.710. The van der Waals surface area contributed by atoms with E-state index in [2.05, 4.69) is 22.1 Å². The normalized spacial score (nSPS) is 17.5. The molecular weight excluding hydrogens is 358 g/mol. The van der Waals surface area contributed by atoms with E-state index >= 15 is 0 Å². The Morgan fingerprint density at radius 3 is 2.79 bits per heavy atom. The van der Waals surface area contributed by atoms with Gasteiger partial charge in [-0.05, 0) is 58.4 Å². The summed E-state index contributed by atoms with van der Waals surface area (Å²) in [5.41, 5.74) is 1.45. The number of H-pyrrole nitrogens is 1. The molecule has 0 unspecified atom stereocenters. The minimum Gasteiger partial charge on any atom is -0.494 e. The number of carbonyl (C=O) groups is 2. The number of nitrogens with one attached hydrogen (secondary N) is 2. The molecule has 2 N–H and O–H groups in total. The van der Waals surface area contributed by atoms with Gasteiger partial charge in [0, 0.05) is 16.9 Å². The van der Waals surface area contributed by atoms with Crippen LogP contribution in [0.3, 0.4) is 0 Å². The largest absolute Gasteiger partial charge is 0.494 e. The van der Waals surface area contributed by atoms with Crippen LogP contribution < -0.4 is 10.1 Å². The Kier molecular flexibility index (Phi) is 6.57. The highest BCUT2D eigenvalue weighted by Gasteiger charge is 2.24. The summed E-state index contributed by atoms with van der Waals surface area (Å²) < 4.78 is 10.7. The summed E-state index contributed by atoms with van der Waals surface area (Å²) >= 11 is 0. The van der Waals surface area contributed by atoms with Crippen molar-refractivity contribution in [1.82, 2.24) is 9.88 Å². The third-order valence-electron chi connectivity index (χ3n) is 5.11. The van der Waals surface area contributed by atoms with Gasteiger partial charge in [0.05, 0.1) is 25.4 Å². The van der Waals surface area contributed by atoms with Crippen LogP contribution in [0.2, 0.25) is 0 Å². The van der Waals surface area contributed by atoms with Crippen LogP contribution in [0.4, 0.5) is 5.69 Å². The summed E-state index contributed by atoms with van der Waals surface area (Å²) in [6.07, 6.45) is 3.41. The Bertz CT molecular complexity index is 846. The molecule has 1 amide bonds. The molecule has 7 heteroatoms. The number of esters is 1. The number of ether oxygens (including phenoxy) is 2. The Morgan fingerprint density at radius 2 is 2.07 bits per heavy atom. The van der Waals surface area contributed by atoms with Crippen molar-refractivity contribution in [2.75, 3.05) is 31.6 Å². The molecule has 0 aliphatic carbocycles. The van der Waals surface area contributed by atoms with E-state index in [0.29, 0.717) is 30.6 Å². The summed E-state index contributed by atoms with van der Waals surface area (Å²) in [7, 11) is 0. The number of hydrogen-bond acceptors (Lipinski definition) is 5. The summed E-state index contributed by atoms with van der Waals surface area (Å²) in [5, 5.41) is 3.67. The number of hydrogen-bond donors (Lipinski definition) is 2. The summed E-state index contributed by atoms with van der Waals surface area (Å²) in [4.78, 5) is 30.4. The molecular formula is C21H29N3O4. The van der Waals surface area contributed by atoms with Crippen molar-refractivity contribution in [2.24, 2.45) is 0 Å². The molecule has 0 saturated carbocycles. The smallest absolute Gasteiger partial charge is 0.356 e. The molecule has 3 rings (SSSR count). The number of nitrogens with zero attached hydrogens (tertiary/aromatic N) is 1. The molecule has 28 heavy (non-hydrogen) atoms. The molecule has 1 atom stereocenters. The van der Waals surface area contributed by atoms with Crippen LogP contribution in [-0.2, 0) is 9.53 Å². The third kappa shape index (κ3) is 4.47. The molecule has 7 nitrogen and oxygen atoms in total. The Hall–Kier alpha value is -2.54. The highest BCUT2D eigenvalue weighted by molar-refractivity contribution is 6.11. The number of fused-ring (bicyclic) bond motifs is 1. The van der Waals surface area contributed by atoms with Gasteiger partial charge < -0.3 is 19.8 Å². The molecule has 152 valence electrons. The Morgan fingerprint density at radius 1 is 1.25 bits per heavy atom. The van der Waals surface area contributed by atoms with Crippen LogP contribution >= 0.6 is 0 Å². The first-order chi connectivity index (χ1) is 13.5. The molecule has 1 aromatic carbocycles. The molecule has 2 heterocycles. The zero-order valence-electron chi connectivity index (χ0n) is 16.8. The molecule has 0 spiro atoms. The van der Waals surface area contributed by atoms with E-state index in [1.807, 2.05) is 25.1 Å².